The fraction of sp³-hybridized carbons (Fsp3) is 0.127. The van der Waals surface area contributed by atoms with Gasteiger partial charge in [0.25, 0.3) is 0 Å². The zero-order chi connectivity index (χ0) is 40.0. The van der Waals surface area contributed by atoms with Crippen LogP contribution in [0.2, 0.25) is 0 Å². The molecule has 0 saturated carbocycles. The van der Waals surface area contributed by atoms with Crippen molar-refractivity contribution in [3.8, 4) is 5.69 Å². The molecule has 0 spiro atoms. The van der Waals surface area contributed by atoms with Crippen LogP contribution in [0.25, 0.3) is 27.5 Å². The Kier molecular flexibility index (Phi) is 9.46. The van der Waals surface area contributed by atoms with Gasteiger partial charge in [0.2, 0.25) is 0 Å². The first-order valence-electron chi connectivity index (χ1n) is 20.3. The van der Waals surface area contributed by atoms with Crippen molar-refractivity contribution in [2.24, 2.45) is 0 Å². The first kappa shape index (κ1) is 36.8. The summed E-state index contributed by atoms with van der Waals surface area (Å²) >= 11 is 0. The average molecular weight is 752 g/mol. The number of anilines is 6. The van der Waals surface area contributed by atoms with E-state index in [0.717, 1.165) is 50.8 Å². The molecule has 1 heterocycles. The summed E-state index contributed by atoms with van der Waals surface area (Å²) in [5, 5.41) is 2.39. The highest BCUT2D eigenvalue weighted by Crippen LogP contribution is 2.43. The Morgan fingerprint density at radius 3 is 1.10 bits per heavy atom. The number of hydrogen-bond donors (Lipinski definition) is 0. The topological polar surface area (TPSA) is 11.4 Å². The Bertz CT molecular complexity index is 2620. The highest BCUT2D eigenvalue weighted by Gasteiger charge is 2.25. The van der Waals surface area contributed by atoms with Crippen LogP contribution in [0.3, 0.4) is 0 Å². The van der Waals surface area contributed by atoms with E-state index in [0.29, 0.717) is 0 Å². The van der Waals surface area contributed by atoms with E-state index >= 15 is 0 Å². The van der Waals surface area contributed by atoms with Crippen LogP contribution in [0, 0.1) is 27.7 Å². The van der Waals surface area contributed by atoms with E-state index in [2.05, 4.69) is 244 Å². The van der Waals surface area contributed by atoms with Crippen LogP contribution in [0.1, 0.15) is 47.2 Å². The van der Waals surface area contributed by atoms with Gasteiger partial charge >= 0.3 is 0 Å². The van der Waals surface area contributed by atoms with E-state index in [1.54, 1.807) is 0 Å². The second kappa shape index (κ2) is 14.9. The predicted molar refractivity (Wildman–Crippen MR) is 248 cm³/mol. The van der Waals surface area contributed by atoms with Gasteiger partial charge in [-0.05, 0) is 136 Å². The van der Waals surface area contributed by atoms with E-state index in [9.17, 15) is 0 Å². The summed E-state index contributed by atoms with van der Waals surface area (Å²) in [6, 6.07) is 69.3. The van der Waals surface area contributed by atoms with Crippen molar-refractivity contribution in [2.45, 2.75) is 47.0 Å². The molecule has 1 aromatic heterocycles. The van der Waals surface area contributed by atoms with Crippen LogP contribution in [0.5, 0.6) is 0 Å². The lowest BCUT2D eigenvalue weighted by Crippen LogP contribution is -2.19. The fourth-order valence-corrected chi connectivity index (χ4v) is 8.28. The molecular weight excluding hydrogens is 703 g/mol. The van der Waals surface area contributed by atoms with Gasteiger partial charge in [0, 0.05) is 56.0 Å². The molecule has 0 unspecified atom stereocenters. The summed E-state index contributed by atoms with van der Waals surface area (Å²) in [6.45, 7) is 13.2. The van der Waals surface area contributed by atoms with Crippen molar-refractivity contribution in [1.82, 2.24) is 4.57 Å². The largest absolute Gasteiger partial charge is 0.310 e. The molecule has 8 aromatic carbocycles. The van der Waals surface area contributed by atoms with Gasteiger partial charge in [0.15, 0.2) is 0 Å². The number of nitrogens with zero attached hydrogens (tertiary/aromatic N) is 3. The maximum Gasteiger partial charge on any atom is 0.0542 e. The third-order valence-corrected chi connectivity index (χ3v) is 11.7. The van der Waals surface area contributed by atoms with Gasteiger partial charge in [-0.2, -0.15) is 0 Å². The van der Waals surface area contributed by atoms with Gasteiger partial charge in [-0.3, -0.25) is 0 Å². The van der Waals surface area contributed by atoms with Gasteiger partial charge in [0.05, 0.1) is 11.0 Å². The standard InChI is InChI=1S/C55H49N3/c1-38-15-23-44(24-16-38)56(45-25-17-39(2)18-26-45)49-31-33-53-51(36-49)52-37-50(57(46-27-19-40(3)20-28-46)47-29-21-41(4)22-30-47)32-34-54(52)58(53)48-14-10-13-43(35-48)55(5,6)42-11-8-7-9-12-42/h7-37H,1-6H3. The molecule has 0 aliphatic carbocycles. The Balaban J connectivity index is 1.29. The van der Waals surface area contributed by atoms with Gasteiger partial charge in [-0.1, -0.05) is 127 Å². The summed E-state index contributed by atoms with van der Waals surface area (Å²) < 4.78 is 2.45. The second-order valence-corrected chi connectivity index (χ2v) is 16.3. The number of benzene rings is 8. The van der Waals surface area contributed by atoms with Gasteiger partial charge in [-0.15, -0.1) is 0 Å². The quantitative estimate of drug-likeness (QED) is 0.145. The molecule has 0 aliphatic heterocycles. The number of aromatic nitrogens is 1. The Labute approximate surface area is 343 Å². The van der Waals surface area contributed by atoms with Crippen molar-refractivity contribution in [2.75, 3.05) is 9.80 Å². The Morgan fingerprint density at radius 2 is 0.707 bits per heavy atom. The normalized spacial score (nSPS) is 11.6. The van der Waals surface area contributed by atoms with E-state index in [1.165, 1.54) is 44.2 Å². The monoisotopic (exact) mass is 751 g/mol. The first-order valence-corrected chi connectivity index (χ1v) is 20.3. The minimum atomic E-state index is -0.179. The molecule has 0 fully saturated rings. The third kappa shape index (κ3) is 6.83. The van der Waals surface area contributed by atoms with Crippen LogP contribution >= 0.6 is 0 Å². The van der Waals surface area contributed by atoms with Crippen molar-refractivity contribution in [3.63, 3.8) is 0 Å². The minimum absolute atomic E-state index is 0.179. The lowest BCUT2D eigenvalue weighted by Gasteiger charge is -2.27. The predicted octanol–water partition coefficient (Wildman–Crippen LogP) is 15.3. The highest BCUT2D eigenvalue weighted by molar-refractivity contribution is 6.12. The zero-order valence-corrected chi connectivity index (χ0v) is 34.2. The molecule has 3 heteroatoms. The van der Waals surface area contributed by atoms with Gasteiger partial charge in [-0.25, -0.2) is 0 Å². The molecule has 0 bridgehead atoms. The lowest BCUT2D eigenvalue weighted by molar-refractivity contribution is 0.640. The molecule has 0 saturated heterocycles. The second-order valence-electron chi connectivity index (χ2n) is 16.3. The van der Waals surface area contributed by atoms with E-state index in [4.69, 9.17) is 0 Å². The van der Waals surface area contributed by atoms with E-state index in [-0.39, 0.29) is 5.41 Å². The van der Waals surface area contributed by atoms with Crippen LogP contribution < -0.4 is 9.80 Å². The summed E-state index contributed by atoms with van der Waals surface area (Å²) in [5.74, 6) is 0. The number of rotatable bonds is 9. The van der Waals surface area contributed by atoms with Crippen molar-refractivity contribution in [1.29, 1.82) is 0 Å². The van der Waals surface area contributed by atoms with Crippen LogP contribution in [0.15, 0.2) is 188 Å². The smallest absolute Gasteiger partial charge is 0.0542 e. The van der Waals surface area contributed by atoms with E-state index < -0.39 is 0 Å². The van der Waals surface area contributed by atoms with Gasteiger partial charge in [0.1, 0.15) is 0 Å². The molecule has 0 radical (unpaired) electrons. The molecule has 0 aliphatic rings. The molecule has 58 heavy (non-hydrogen) atoms. The molecule has 3 nitrogen and oxygen atoms in total. The highest BCUT2D eigenvalue weighted by atomic mass is 15.1. The van der Waals surface area contributed by atoms with Crippen LogP contribution in [-0.4, -0.2) is 4.57 Å². The molecule has 9 aromatic rings. The van der Waals surface area contributed by atoms with Gasteiger partial charge < -0.3 is 14.4 Å². The SMILES string of the molecule is Cc1ccc(N(c2ccc(C)cc2)c2ccc3c(c2)c2cc(N(c4ccc(C)cc4)c4ccc(C)cc4)ccc2n3-c2cccc(C(C)(C)c3ccccc3)c2)cc1. The molecular formula is C55H49N3. The van der Waals surface area contributed by atoms with Crippen LogP contribution in [0.4, 0.5) is 34.1 Å². The average Bonchev–Trinajstić information content (AvgIpc) is 3.57. The molecule has 0 N–H and O–H groups in total. The maximum atomic E-state index is 2.45. The molecule has 284 valence electrons. The molecule has 0 amide bonds. The van der Waals surface area contributed by atoms with Crippen molar-refractivity contribution >= 4 is 55.9 Å². The number of fused-ring (bicyclic) bond motifs is 3. The third-order valence-electron chi connectivity index (χ3n) is 11.7. The zero-order valence-electron chi connectivity index (χ0n) is 34.2. The van der Waals surface area contributed by atoms with Crippen molar-refractivity contribution < 1.29 is 0 Å². The molecule has 9 rings (SSSR count). The minimum Gasteiger partial charge on any atom is -0.310 e. The Hall–Kier alpha value is -6.84. The first-order chi connectivity index (χ1) is 28.1. The summed E-state index contributed by atoms with van der Waals surface area (Å²) in [5.41, 5.74) is 17.5. The Morgan fingerprint density at radius 1 is 0.345 bits per heavy atom. The molecule has 0 atom stereocenters. The lowest BCUT2D eigenvalue weighted by atomic mass is 9.78. The van der Waals surface area contributed by atoms with Crippen molar-refractivity contribution in [3.05, 3.63) is 221 Å². The summed E-state index contributed by atoms with van der Waals surface area (Å²) in [7, 11) is 0. The number of aryl methyl sites for hydroxylation is 4. The maximum absolute atomic E-state index is 2.45. The van der Waals surface area contributed by atoms with Crippen LogP contribution in [-0.2, 0) is 5.41 Å². The number of hydrogen-bond acceptors (Lipinski definition) is 2. The van der Waals surface area contributed by atoms with E-state index in [1.807, 2.05) is 0 Å². The fourth-order valence-electron chi connectivity index (χ4n) is 8.28. The summed E-state index contributed by atoms with van der Waals surface area (Å²) in [6.07, 6.45) is 0. The summed E-state index contributed by atoms with van der Waals surface area (Å²) in [4.78, 5) is 4.75.